The van der Waals surface area contributed by atoms with E-state index in [2.05, 4.69) is 20.7 Å². The lowest BCUT2D eigenvalue weighted by atomic mass is 10.1. The molecule has 110 valence electrons. The average molecular weight is 289 g/mol. The summed E-state index contributed by atoms with van der Waals surface area (Å²) in [6.07, 6.45) is 2.73. The fraction of sp³-hybridized carbons (Fsp3) is 0.214. The van der Waals surface area contributed by atoms with Crippen LogP contribution in [0, 0.1) is 12.7 Å². The second kappa shape index (κ2) is 6.27. The smallest absolute Gasteiger partial charge is 0.272 e. The van der Waals surface area contributed by atoms with Crippen LogP contribution in [0.15, 0.2) is 30.6 Å². The summed E-state index contributed by atoms with van der Waals surface area (Å²) in [5.74, 6) is 4.79. The van der Waals surface area contributed by atoms with Gasteiger partial charge in [0, 0.05) is 0 Å². The number of benzene rings is 1. The van der Waals surface area contributed by atoms with Crippen LogP contribution in [-0.2, 0) is 0 Å². The summed E-state index contributed by atoms with van der Waals surface area (Å²) in [6.45, 7) is 3.45. The van der Waals surface area contributed by atoms with Gasteiger partial charge in [0.1, 0.15) is 11.5 Å². The van der Waals surface area contributed by atoms with Gasteiger partial charge >= 0.3 is 0 Å². The van der Waals surface area contributed by atoms with Crippen LogP contribution in [0.4, 0.5) is 10.2 Å². The summed E-state index contributed by atoms with van der Waals surface area (Å²) in [6, 6.07) is 4.49. The number of aromatic nitrogens is 2. The monoisotopic (exact) mass is 289 g/mol. The topological polar surface area (TPSA) is 92.9 Å². The van der Waals surface area contributed by atoms with Crippen molar-refractivity contribution in [2.45, 2.75) is 19.9 Å². The van der Waals surface area contributed by atoms with E-state index in [9.17, 15) is 9.18 Å². The van der Waals surface area contributed by atoms with Crippen molar-refractivity contribution in [2.75, 3.05) is 5.43 Å². The van der Waals surface area contributed by atoms with E-state index < -0.39 is 5.91 Å². The number of hydrogen-bond donors (Lipinski definition) is 3. The molecular weight excluding hydrogens is 273 g/mol. The molecule has 1 aromatic heterocycles. The van der Waals surface area contributed by atoms with E-state index in [1.807, 2.05) is 0 Å². The molecule has 7 heteroatoms. The number of aryl methyl sites for hydroxylation is 1. The van der Waals surface area contributed by atoms with Crippen LogP contribution in [0.25, 0.3) is 0 Å². The van der Waals surface area contributed by atoms with Gasteiger partial charge in [0.15, 0.2) is 5.82 Å². The fourth-order valence-electron chi connectivity index (χ4n) is 1.78. The van der Waals surface area contributed by atoms with Gasteiger partial charge in [0.05, 0.1) is 18.4 Å². The molecule has 1 amide bonds. The molecular formula is C14H16FN5O. The van der Waals surface area contributed by atoms with E-state index in [1.54, 1.807) is 26.0 Å². The summed E-state index contributed by atoms with van der Waals surface area (Å²) in [5.41, 5.74) is 3.68. The number of nitrogens with one attached hydrogen (secondary N) is 2. The average Bonchev–Trinajstić information content (AvgIpc) is 2.49. The Kier molecular flexibility index (Phi) is 4.44. The SMILES string of the molecule is Cc1ccc(C(C)NC(=O)c2cncc(NN)n2)cc1F. The van der Waals surface area contributed by atoms with Crippen LogP contribution < -0.4 is 16.6 Å². The number of amides is 1. The van der Waals surface area contributed by atoms with Crippen molar-refractivity contribution in [3.8, 4) is 0 Å². The van der Waals surface area contributed by atoms with E-state index in [4.69, 9.17) is 5.84 Å². The van der Waals surface area contributed by atoms with E-state index >= 15 is 0 Å². The molecule has 0 aliphatic rings. The van der Waals surface area contributed by atoms with Crippen molar-refractivity contribution < 1.29 is 9.18 Å². The van der Waals surface area contributed by atoms with Gasteiger partial charge in [-0.15, -0.1) is 0 Å². The quantitative estimate of drug-likeness (QED) is 0.588. The number of carbonyl (C=O) groups excluding carboxylic acids is 1. The van der Waals surface area contributed by atoms with Gasteiger partial charge < -0.3 is 10.7 Å². The van der Waals surface area contributed by atoms with Gasteiger partial charge in [-0.05, 0) is 31.0 Å². The highest BCUT2D eigenvalue weighted by molar-refractivity contribution is 5.92. The second-order valence-corrected chi connectivity index (χ2v) is 4.64. The Balaban J connectivity index is 2.12. The Morgan fingerprint density at radius 3 is 2.81 bits per heavy atom. The Labute approximate surface area is 121 Å². The van der Waals surface area contributed by atoms with Crippen LogP contribution in [0.2, 0.25) is 0 Å². The zero-order chi connectivity index (χ0) is 15.4. The van der Waals surface area contributed by atoms with Crippen LogP contribution in [-0.4, -0.2) is 15.9 Å². The van der Waals surface area contributed by atoms with Gasteiger partial charge in [-0.3, -0.25) is 9.78 Å². The predicted molar refractivity (Wildman–Crippen MR) is 76.9 cm³/mol. The molecule has 1 atom stereocenters. The molecule has 6 nitrogen and oxygen atoms in total. The normalized spacial score (nSPS) is 11.8. The van der Waals surface area contributed by atoms with Crippen LogP contribution in [0.5, 0.6) is 0 Å². The van der Waals surface area contributed by atoms with E-state index in [-0.39, 0.29) is 23.4 Å². The zero-order valence-corrected chi connectivity index (χ0v) is 11.7. The van der Waals surface area contributed by atoms with Crippen LogP contribution in [0.3, 0.4) is 0 Å². The van der Waals surface area contributed by atoms with Crippen molar-refractivity contribution in [1.82, 2.24) is 15.3 Å². The summed E-state index contributed by atoms with van der Waals surface area (Å²) in [5, 5.41) is 2.73. The van der Waals surface area contributed by atoms with Crippen molar-refractivity contribution in [3.63, 3.8) is 0 Å². The number of carbonyl (C=O) groups is 1. The standard InChI is InChI=1S/C14H16FN5O/c1-8-3-4-10(5-11(8)15)9(2)18-14(21)12-6-17-7-13(19-12)20-16/h3-7,9H,16H2,1-2H3,(H,18,21)(H,19,20). The molecule has 0 spiro atoms. The maximum atomic E-state index is 13.5. The van der Waals surface area contributed by atoms with Crippen molar-refractivity contribution in [2.24, 2.45) is 5.84 Å². The number of hydrazine groups is 1. The molecule has 1 unspecified atom stereocenters. The number of halogens is 1. The lowest BCUT2D eigenvalue weighted by Gasteiger charge is -2.14. The molecule has 0 bridgehead atoms. The van der Waals surface area contributed by atoms with Gasteiger partial charge in [-0.25, -0.2) is 15.2 Å². The minimum Gasteiger partial charge on any atom is -0.344 e. The van der Waals surface area contributed by atoms with E-state index in [1.165, 1.54) is 18.5 Å². The minimum atomic E-state index is -0.409. The molecule has 1 aromatic carbocycles. The number of nitrogens with two attached hydrogens (primary N) is 1. The Hall–Kier alpha value is -2.54. The molecule has 2 aromatic rings. The second-order valence-electron chi connectivity index (χ2n) is 4.64. The number of hydrogen-bond acceptors (Lipinski definition) is 5. The van der Waals surface area contributed by atoms with Gasteiger partial charge in [0.25, 0.3) is 5.91 Å². The highest BCUT2D eigenvalue weighted by atomic mass is 19.1. The maximum Gasteiger partial charge on any atom is 0.272 e. The summed E-state index contributed by atoms with van der Waals surface area (Å²) >= 11 is 0. The van der Waals surface area contributed by atoms with Crippen molar-refractivity contribution in [3.05, 3.63) is 53.2 Å². The molecule has 0 fully saturated rings. The van der Waals surface area contributed by atoms with Crippen LogP contribution in [0.1, 0.15) is 34.6 Å². The first kappa shape index (κ1) is 14.9. The number of nitrogen functional groups attached to an aromatic ring is 1. The van der Waals surface area contributed by atoms with E-state index in [0.29, 0.717) is 11.1 Å². The minimum absolute atomic E-state index is 0.130. The summed E-state index contributed by atoms with van der Waals surface area (Å²) < 4.78 is 13.5. The molecule has 0 aliphatic heterocycles. The molecule has 0 saturated carbocycles. The Morgan fingerprint density at radius 2 is 2.14 bits per heavy atom. The van der Waals surface area contributed by atoms with E-state index in [0.717, 1.165) is 0 Å². The molecule has 21 heavy (non-hydrogen) atoms. The highest BCUT2D eigenvalue weighted by Crippen LogP contribution is 2.16. The van der Waals surface area contributed by atoms with Gasteiger partial charge in [0.2, 0.25) is 0 Å². The molecule has 0 radical (unpaired) electrons. The zero-order valence-electron chi connectivity index (χ0n) is 11.7. The Morgan fingerprint density at radius 1 is 1.38 bits per heavy atom. The first-order valence-electron chi connectivity index (χ1n) is 6.37. The lowest BCUT2D eigenvalue weighted by Crippen LogP contribution is -2.28. The molecule has 2 rings (SSSR count). The fourth-order valence-corrected chi connectivity index (χ4v) is 1.78. The third-order valence-electron chi connectivity index (χ3n) is 3.06. The number of nitrogens with zero attached hydrogens (tertiary/aromatic N) is 2. The van der Waals surface area contributed by atoms with Crippen molar-refractivity contribution in [1.29, 1.82) is 0 Å². The first-order chi connectivity index (χ1) is 10.0. The van der Waals surface area contributed by atoms with Crippen molar-refractivity contribution >= 4 is 11.7 Å². The lowest BCUT2D eigenvalue weighted by molar-refractivity contribution is 0.0934. The third-order valence-corrected chi connectivity index (χ3v) is 3.06. The predicted octanol–water partition coefficient (Wildman–Crippen LogP) is 1.70. The largest absolute Gasteiger partial charge is 0.344 e. The molecule has 4 N–H and O–H groups in total. The molecule has 0 aliphatic carbocycles. The third kappa shape index (κ3) is 3.51. The van der Waals surface area contributed by atoms with Crippen LogP contribution >= 0.6 is 0 Å². The first-order valence-corrected chi connectivity index (χ1v) is 6.37. The summed E-state index contributed by atoms with van der Waals surface area (Å²) in [7, 11) is 0. The Bertz CT molecular complexity index is 662. The highest BCUT2D eigenvalue weighted by Gasteiger charge is 2.14. The molecule has 1 heterocycles. The van der Waals surface area contributed by atoms with Gasteiger partial charge in [-0.1, -0.05) is 12.1 Å². The number of rotatable bonds is 4. The number of anilines is 1. The summed E-state index contributed by atoms with van der Waals surface area (Å²) in [4.78, 5) is 19.9. The molecule has 0 saturated heterocycles. The maximum absolute atomic E-state index is 13.5. The van der Waals surface area contributed by atoms with Gasteiger partial charge in [-0.2, -0.15) is 0 Å².